The van der Waals surface area contributed by atoms with E-state index >= 15 is 0 Å². The number of nitrogens with zero attached hydrogens (tertiary/aromatic N) is 1. The average molecular weight is 214 g/mol. The monoisotopic (exact) mass is 214 g/mol. The van der Waals surface area contributed by atoms with Crippen LogP contribution in [0.15, 0.2) is 0 Å². The van der Waals surface area contributed by atoms with Crippen molar-refractivity contribution < 1.29 is 9.53 Å². The van der Waals surface area contributed by atoms with E-state index in [0.29, 0.717) is 6.04 Å². The van der Waals surface area contributed by atoms with E-state index in [9.17, 15) is 4.79 Å². The van der Waals surface area contributed by atoms with E-state index in [4.69, 9.17) is 4.74 Å². The van der Waals surface area contributed by atoms with Crippen LogP contribution in [0.5, 0.6) is 0 Å². The van der Waals surface area contributed by atoms with Crippen LogP contribution in [0.2, 0.25) is 0 Å². The number of hydrogen-bond donors (Lipinski definition) is 1. The van der Waals surface area contributed by atoms with Gasteiger partial charge in [0.05, 0.1) is 7.11 Å². The molecule has 1 N–H and O–H groups in total. The van der Waals surface area contributed by atoms with Crippen LogP contribution in [-0.4, -0.2) is 50.2 Å². The highest BCUT2D eigenvalue weighted by Gasteiger charge is 2.29. The van der Waals surface area contributed by atoms with Gasteiger partial charge < -0.3 is 10.1 Å². The Bertz CT molecular complexity index is 221. The fourth-order valence-corrected chi connectivity index (χ4v) is 2.30. The third-order valence-electron chi connectivity index (χ3n) is 3.16. The zero-order valence-electron chi connectivity index (χ0n) is 10.1. The summed E-state index contributed by atoms with van der Waals surface area (Å²) >= 11 is 0. The molecule has 1 fully saturated rings. The molecule has 0 amide bonds. The molecular weight excluding hydrogens is 192 g/mol. The number of hydrogen-bond acceptors (Lipinski definition) is 4. The molecule has 1 saturated heterocycles. The number of rotatable bonds is 4. The van der Waals surface area contributed by atoms with Gasteiger partial charge in [0.15, 0.2) is 0 Å². The topological polar surface area (TPSA) is 41.6 Å². The van der Waals surface area contributed by atoms with Crippen molar-refractivity contribution in [3.8, 4) is 0 Å². The molecule has 0 saturated carbocycles. The molecule has 3 unspecified atom stereocenters. The van der Waals surface area contributed by atoms with Crippen molar-refractivity contribution in [2.24, 2.45) is 5.92 Å². The minimum absolute atomic E-state index is 0.177. The van der Waals surface area contributed by atoms with Crippen LogP contribution in [-0.2, 0) is 9.53 Å². The highest BCUT2D eigenvalue weighted by atomic mass is 16.5. The van der Waals surface area contributed by atoms with Gasteiger partial charge in [0, 0.05) is 19.1 Å². The van der Waals surface area contributed by atoms with Gasteiger partial charge >= 0.3 is 5.97 Å². The lowest BCUT2D eigenvalue weighted by Crippen LogP contribution is -2.46. The summed E-state index contributed by atoms with van der Waals surface area (Å²) in [6, 6.07) is 0.364. The smallest absolute Gasteiger partial charge is 0.324 e. The number of carbonyl (C=O) groups is 1. The Hall–Kier alpha value is -0.610. The van der Waals surface area contributed by atoms with Crippen molar-refractivity contribution in [2.45, 2.75) is 32.4 Å². The van der Waals surface area contributed by atoms with Crippen LogP contribution in [0, 0.1) is 5.92 Å². The van der Waals surface area contributed by atoms with Crippen LogP contribution in [0.4, 0.5) is 0 Å². The third kappa shape index (κ3) is 3.18. The largest absolute Gasteiger partial charge is 0.468 e. The molecule has 0 bridgehead atoms. The zero-order valence-corrected chi connectivity index (χ0v) is 10.1. The maximum Gasteiger partial charge on any atom is 0.324 e. The van der Waals surface area contributed by atoms with Gasteiger partial charge in [-0.3, -0.25) is 9.69 Å². The van der Waals surface area contributed by atoms with Gasteiger partial charge in [-0.2, -0.15) is 0 Å². The van der Waals surface area contributed by atoms with E-state index in [1.54, 1.807) is 7.05 Å². The Kier molecular flexibility index (Phi) is 4.54. The molecule has 0 aliphatic carbocycles. The van der Waals surface area contributed by atoms with E-state index < -0.39 is 0 Å². The second-order valence-electron chi connectivity index (χ2n) is 4.51. The standard InChI is InChI=1S/C11H22N2O2/c1-8-5-9(2)13(6-8)7-10(12-3)11(14)15-4/h8-10,12H,5-7H2,1-4H3. The third-order valence-corrected chi connectivity index (χ3v) is 3.16. The maximum atomic E-state index is 11.4. The van der Waals surface area contributed by atoms with Crippen LogP contribution >= 0.6 is 0 Å². The first-order valence-electron chi connectivity index (χ1n) is 5.57. The lowest BCUT2D eigenvalue weighted by molar-refractivity contribution is -0.143. The van der Waals surface area contributed by atoms with Gasteiger partial charge in [0.25, 0.3) is 0 Å². The Morgan fingerprint density at radius 1 is 1.60 bits per heavy atom. The van der Waals surface area contributed by atoms with Crippen molar-refractivity contribution >= 4 is 5.97 Å². The van der Waals surface area contributed by atoms with E-state index in [1.165, 1.54) is 13.5 Å². The minimum Gasteiger partial charge on any atom is -0.468 e. The maximum absolute atomic E-state index is 11.4. The van der Waals surface area contributed by atoms with E-state index in [2.05, 4.69) is 24.1 Å². The normalized spacial score (nSPS) is 29.1. The second-order valence-corrected chi connectivity index (χ2v) is 4.51. The number of methoxy groups -OCH3 is 1. The quantitative estimate of drug-likeness (QED) is 0.691. The summed E-state index contributed by atoms with van der Waals surface area (Å²) in [7, 11) is 3.23. The van der Waals surface area contributed by atoms with Crippen molar-refractivity contribution in [2.75, 3.05) is 27.2 Å². The van der Waals surface area contributed by atoms with Gasteiger partial charge in [0.1, 0.15) is 6.04 Å². The first-order chi connectivity index (χ1) is 7.08. The Morgan fingerprint density at radius 3 is 2.67 bits per heavy atom. The summed E-state index contributed by atoms with van der Waals surface area (Å²) in [5.41, 5.74) is 0. The first-order valence-corrected chi connectivity index (χ1v) is 5.57. The molecule has 1 aliphatic heterocycles. The molecule has 4 heteroatoms. The second kappa shape index (κ2) is 5.47. The number of likely N-dealkylation sites (N-methyl/N-ethyl adjacent to an activating group) is 1. The number of carbonyl (C=O) groups excluding carboxylic acids is 1. The number of likely N-dealkylation sites (tertiary alicyclic amines) is 1. The molecule has 1 heterocycles. The van der Waals surface area contributed by atoms with Crippen molar-refractivity contribution in [1.29, 1.82) is 0 Å². The molecule has 0 aromatic carbocycles. The Labute approximate surface area is 92.0 Å². The zero-order chi connectivity index (χ0) is 11.4. The molecule has 0 aromatic rings. The molecule has 0 aromatic heterocycles. The van der Waals surface area contributed by atoms with Gasteiger partial charge in [0.2, 0.25) is 0 Å². The number of ether oxygens (including phenoxy) is 1. The molecule has 4 nitrogen and oxygen atoms in total. The lowest BCUT2D eigenvalue weighted by Gasteiger charge is -2.25. The van der Waals surface area contributed by atoms with Crippen LogP contribution in [0.3, 0.4) is 0 Å². The van der Waals surface area contributed by atoms with Crippen LogP contribution in [0.1, 0.15) is 20.3 Å². The molecule has 1 rings (SSSR count). The SMILES string of the molecule is CNC(CN1CC(C)CC1C)C(=O)OC. The summed E-state index contributed by atoms with van der Waals surface area (Å²) in [6.45, 7) is 6.29. The Balaban J connectivity index is 2.48. The van der Waals surface area contributed by atoms with E-state index in [0.717, 1.165) is 19.0 Å². The average Bonchev–Trinajstić information content (AvgIpc) is 2.52. The Morgan fingerprint density at radius 2 is 2.27 bits per heavy atom. The first kappa shape index (κ1) is 12.5. The van der Waals surface area contributed by atoms with Gasteiger partial charge in [-0.15, -0.1) is 0 Å². The molecule has 0 radical (unpaired) electrons. The molecule has 88 valence electrons. The number of esters is 1. The van der Waals surface area contributed by atoms with Gasteiger partial charge in [-0.05, 0) is 26.3 Å². The fraction of sp³-hybridized carbons (Fsp3) is 0.909. The lowest BCUT2D eigenvalue weighted by atomic mass is 10.1. The summed E-state index contributed by atoms with van der Waals surface area (Å²) in [5.74, 6) is 0.555. The molecule has 0 spiro atoms. The predicted octanol–water partition coefficient (Wildman–Crippen LogP) is 0.478. The van der Waals surface area contributed by atoms with E-state index in [-0.39, 0.29) is 12.0 Å². The number of nitrogens with one attached hydrogen (secondary N) is 1. The molecular formula is C11H22N2O2. The minimum atomic E-state index is -0.206. The molecule has 1 aliphatic rings. The van der Waals surface area contributed by atoms with Crippen molar-refractivity contribution in [1.82, 2.24) is 10.2 Å². The fourth-order valence-electron chi connectivity index (χ4n) is 2.30. The molecule has 3 atom stereocenters. The molecule has 15 heavy (non-hydrogen) atoms. The van der Waals surface area contributed by atoms with Gasteiger partial charge in [-0.25, -0.2) is 0 Å². The van der Waals surface area contributed by atoms with Crippen molar-refractivity contribution in [3.63, 3.8) is 0 Å². The van der Waals surface area contributed by atoms with Crippen molar-refractivity contribution in [3.05, 3.63) is 0 Å². The summed E-state index contributed by atoms with van der Waals surface area (Å²) < 4.78 is 4.75. The highest BCUT2D eigenvalue weighted by molar-refractivity contribution is 5.75. The predicted molar refractivity (Wildman–Crippen MR) is 59.7 cm³/mol. The van der Waals surface area contributed by atoms with Gasteiger partial charge in [-0.1, -0.05) is 6.92 Å². The summed E-state index contributed by atoms with van der Waals surface area (Å²) in [6.07, 6.45) is 1.22. The van der Waals surface area contributed by atoms with E-state index in [1.807, 2.05) is 0 Å². The highest BCUT2D eigenvalue weighted by Crippen LogP contribution is 2.22. The van der Waals surface area contributed by atoms with Crippen LogP contribution in [0.25, 0.3) is 0 Å². The summed E-state index contributed by atoms with van der Waals surface area (Å²) in [5, 5.41) is 3.00. The summed E-state index contributed by atoms with van der Waals surface area (Å²) in [4.78, 5) is 13.8. The van der Waals surface area contributed by atoms with Crippen LogP contribution < -0.4 is 5.32 Å².